The van der Waals surface area contributed by atoms with Gasteiger partial charge in [0, 0.05) is 25.9 Å². The molecule has 0 amide bonds. The van der Waals surface area contributed by atoms with Crippen LogP contribution in [0.4, 0.5) is 5.69 Å². The minimum absolute atomic E-state index is 0.118. The quantitative estimate of drug-likeness (QED) is 0.201. The van der Waals surface area contributed by atoms with Crippen LogP contribution in [0.15, 0.2) is 66.1 Å². The number of rotatable bonds is 12. The van der Waals surface area contributed by atoms with Gasteiger partial charge in [0.1, 0.15) is 0 Å². The van der Waals surface area contributed by atoms with Crippen LogP contribution >= 0.6 is 0 Å². The Kier molecular flexibility index (Phi) is 9.53. The molecule has 5 nitrogen and oxygen atoms in total. The molecule has 0 saturated carbocycles. The van der Waals surface area contributed by atoms with Gasteiger partial charge in [-0.05, 0) is 48.2 Å². The maximum atomic E-state index is 12.5. The second kappa shape index (κ2) is 12.1. The number of unbranched alkanes of at least 4 members (excludes halogenated alkanes) is 3. The highest BCUT2D eigenvalue weighted by atomic mass is 32.2. The predicted molar refractivity (Wildman–Crippen MR) is 128 cm³/mol. The second-order valence-corrected chi connectivity index (χ2v) is 9.60. The SMILES string of the molecule is C=CC(=O)OCCCCCCS(=O)(=O)c1ccc(C=Cc2ccc(N(C)C)cc2)cc1. The van der Waals surface area contributed by atoms with E-state index in [9.17, 15) is 13.2 Å². The molecule has 0 unspecified atom stereocenters. The third-order valence-corrected chi connectivity index (χ3v) is 6.65. The summed E-state index contributed by atoms with van der Waals surface area (Å²) >= 11 is 0. The Morgan fingerprint density at radius 2 is 1.45 bits per heavy atom. The molecule has 0 bridgehead atoms. The summed E-state index contributed by atoms with van der Waals surface area (Å²) in [5.74, 6) is -0.310. The average molecular weight is 442 g/mol. The van der Waals surface area contributed by atoms with Gasteiger partial charge < -0.3 is 9.64 Å². The first kappa shape index (κ1) is 24.4. The molecule has 0 aliphatic heterocycles. The van der Waals surface area contributed by atoms with E-state index in [1.807, 2.05) is 55.4 Å². The molecule has 0 heterocycles. The number of benzene rings is 2. The van der Waals surface area contributed by atoms with Crippen LogP contribution in [0.5, 0.6) is 0 Å². The van der Waals surface area contributed by atoms with E-state index in [0.717, 1.165) is 42.2 Å². The molecule has 0 aromatic heterocycles. The van der Waals surface area contributed by atoms with Gasteiger partial charge in [-0.3, -0.25) is 0 Å². The van der Waals surface area contributed by atoms with Gasteiger partial charge in [-0.15, -0.1) is 0 Å². The Morgan fingerprint density at radius 1 is 0.903 bits per heavy atom. The van der Waals surface area contributed by atoms with Crippen LogP contribution in [0.1, 0.15) is 36.8 Å². The molecular weight excluding hydrogens is 410 g/mol. The first-order valence-corrected chi connectivity index (χ1v) is 12.0. The smallest absolute Gasteiger partial charge is 0.330 e. The molecule has 2 rings (SSSR count). The van der Waals surface area contributed by atoms with Crippen molar-refractivity contribution < 1.29 is 17.9 Å². The highest BCUT2D eigenvalue weighted by molar-refractivity contribution is 7.91. The fourth-order valence-electron chi connectivity index (χ4n) is 2.96. The number of carbonyl (C=O) groups is 1. The van der Waals surface area contributed by atoms with Crippen molar-refractivity contribution in [2.24, 2.45) is 0 Å². The first-order valence-electron chi connectivity index (χ1n) is 10.4. The minimum atomic E-state index is -3.29. The van der Waals surface area contributed by atoms with E-state index in [-0.39, 0.29) is 5.75 Å². The van der Waals surface area contributed by atoms with Crippen molar-refractivity contribution in [1.29, 1.82) is 0 Å². The second-order valence-electron chi connectivity index (χ2n) is 7.49. The summed E-state index contributed by atoms with van der Waals surface area (Å²) in [6, 6.07) is 15.2. The number of sulfone groups is 1. The van der Waals surface area contributed by atoms with Crippen LogP contribution in [0.25, 0.3) is 12.2 Å². The van der Waals surface area contributed by atoms with E-state index in [4.69, 9.17) is 4.74 Å². The molecule has 0 aliphatic carbocycles. The van der Waals surface area contributed by atoms with Crippen molar-refractivity contribution in [2.75, 3.05) is 31.4 Å². The van der Waals surface area contributed by atoms with Crippen LogP contribution in [0, 0.1) is 0 Å². The molecule has 0 fully saturated rings. The Bertz CT molecular complexity index is 975. The zero-order chi connectivity index (χ0) is 22.7. The molecule has 31 heavy (non-hydrogen) atoms. The van der Waals surface area contributed by atoms with Crippen molar-refractivity contribution in [1.82, 2.24) is 0 Å². The average Bonchev–Trinajstić information content (AvgIpc) is 2.77. The molecule has 166 valence electrons. The van der Waals surface area contributed by atoms with Gasteiger partial charge in [0.25, 0.3) is 0 Å². The van der Waals surface area contributed by atoms with Crippen molar-refractivity contribution in [3.05, 3.63) is 72.3 Å². The van der Waals surface area contributed by atoms with E-state index in [1.165, 1.54) is 0 Å². The lowest BCUT2D eigenvalue weighted by Gasteiger charge is -2.11. The molecule has 2 aromatic rings. The molecular formula is C25H31NO4S. The van der Waals surface area contributed by atoms with Gasteiger partial charge in [0.2, 0.25) is 0 Å². The normalized spacial score (nSPS) is 11.4. The number of nitrogens with zero attached hydrogens (tertiary/aromatic N) is 1. The van der Waals surface area contributed by atoms with Crippen molar-refractivity contribution in [3.63, 3.8) is 0 Å². The lowest BCUT2D eigenvalue weighted by Crippen LogP contribution is -2.07. The number of esters is 1. The lowest BCUT2D eigenvalue weighted by atomic mass is 10.1. The molecule has 0 saturated heterocycles. The zero-order valence-electron chi connectivity index (χ0n) is 18.3. The zero-order valence-corrected chi connectivity index (χ0v) is 19.1. The summed E-state index contributed by atoms with van der Waals surface area (Å²) in [6.45, 7) is 3.68. The van der Waals surface area contributed by atoms with E-state index in [0.29, 0.717) is 17.9 Å². The summed E-state index contributed by atoms with van der Waals surface area (Å²) < 4.78 is 29.9. The highest BCUT2D eigenvalue weighted by Crippen LogP contribution is 2.18. The molecule has 0 radical (unpaired) electrons. The van der Waals surface area contributed by atoms with Crippen LogP contribution in [-0.2, 0) is 19.4 Å². The Morgan fingerprint density at radius 3 is 2.00 bits per heavy atom. The Labute approximate surface area is 186 Å². The Balaban J connectivity index is 1.81. The first-order chi connectivity index (χ1) is 14.8. The standard InChI is InChI=1S/C25H31NO4S/c1-4-25(27)30-19-7-5-6-8-20-31(28,29)24-17-13-22(14-18-24)10-9-21-11-15-23(16-12-21)26(2)3/h4,9-18H,1,5-8,19-20H2,2-3H3. The van der Waals surface area contributed by atoms with E-state index < -0.39 is 15.8 Å². The van der Waals surface area contributed by atoms with Crippen molar-refractivity contribution in [3.8, 4) is 0 Å². The van der Waals surface area contributed by atoms with E-state index in [1.54, 1.807) is 12.1 Å². The fourth-order valence-corrected chi connectivity index (χ4v) is 4.33. The molecule has 6 heteroatoms. The highest BCUT2D eigenvalue weighted by Gasteiger charge is 2.13. The van der Waals surface area contributed by atoms with Crippen LogP contribution in [-0.4, -0.2) is 40.8 Å². The van der Waals surface area contributed by atoms with Crippen LogP contribution in [0.2, 0.25) is 0 Å². The molecule has 0 N–H and O–H groups in total. The molecule has 0 aliphatic rings. The molecule has 0 spiro atoms. The van der Waals surface area contributed by atoms with Crippen LogP contribution in [0.3, 0.4) is 0 Å². The van der Waals surface area contributed by atoms with E-state index >= 15 is 0 Å². The van der Waals surface area contributed by atoms with Gasteiger partial charge in [-0.25, -0.2) is 13.2 Å². The number of hydrogen-bond acceptors (Lipinski definition) is 5. The number of ether oxygens (including phenoxy) is 1. The van der Waals surface area contributed by atoms with Crippen molar-refractivity contribution >= 4 is 33.6 Å². The lowest BCUT2D eigenvalue weighted by molar-refractivity contribution is -0.137. The number of hydrogen-bond donors (Lipinski definition) is 0. The monoisotopic (exact) mass is 441 g/mol. The number of carbonyl (C=O) groups excluding carboxylic acids is 1. The number of anilines is 1. The Hall–Kier alpha value is -2.86. The van der Waals surface area contributed by atoms with Crippen LogP contribution < -0.4 is 4.90 Å². The maximum absolute atomic E-state index is 12.5. The van der Waals surface area contributed by atoms with Gasteiger partial charge in [-0.2, -0.15) is 0 Å². The van der Waals surface area contributed by atoms with Gasteiger partial charge >= 0.3 is 5.97 Å². The summed E-state index contributed by atoms with van der Waals surface area (Å²) in [4.78, 5) is 13.3. The van der Waals surface area contributed by atoms with Crippen molar-refractivity contribution in [2.45, 2.75) is 30.6 Å². The van der Waals surface area contributed by atoms with Gasteiger partial charge in [0.15, 0.2) is 9.84 Å². The predicted octanol–water partition coefficient (Wildman–Crippen LogP) is 4.99. The summed E-state index contributed by atoms with van der Waals surface area (Å²) in [5.41, 5.74) is 3.18. The third kappa shape index (κ3) is 8.42. The minimum Gasteiger partial charge on any atom is -0.463 e. The van der Waals surface area contributed by atoms with Gasteiger partial charge in [0.05, 0.1) is 17.3 Å². The fraction of sp³-hybridized carbons (Fsp3) is 0.320. The van der Waals surface area contributed by atoms with Gasteiger partial charge in [-0.1, -0.05) is 55.8 Å². The maximum Gasteiger partial charge on any atom is 0.330 e. The summed E-state index contributed by atoms with van der Waals surface area (Å²) in [5, 5.41) is 0. The topological polar surface area (TPSA) is 63.7 Å². The third-order valence-electron chi connectivity index (χ3n) is 4.84. The molecule has 0 atom stereocenters. The van der Waals surface area contributed by atoms with E-state index in [2.05, 4.69) is 18.7 Å². The molecule has 2 aromatic carbocycles. The largest absolute Gasteiger partial charge is 0.463 e. The summed E-state index contributed by atoms with van der Waals surface area (Å²) in [6.07, 6.45) is 8.02. The summed E-state index contributed by atoms with van der Waals surface area (Å²) in [7, 11) is 0.714.